The van der Waals surface area contributed by atoms with E-state index in [1.54, 1.807) is 24.3 Å². The third-order valence-corrected chi connectivity index (χ3v) is 5.09. The number of carbonyl (C=O) groups is 3. The predicted molar refractivity (Wildman–Crippen MR) is 111 cm³/mol. The first-order chi connectivity index (χ1) is 13.9. The Labute approximate surface area is 170 Å². The number of nitrogens with zero attached hydrogens (tertiary/aromatic N) is 2. The molecule has 0 aliphatic carbocycles. The Morgan fingerprint density at radius 3 is 2.48 bits per heavy atom. The number of Topliss-reactive ketones (excluding diaryl/α,β-unsaturated/α-hetero) is 1. The lowest BCUT2D eigenvalue weighted by Gasteiger charge is -2.17. The average molecular weight is 396 g/mol. The van der Waals surface area contributed by atoms with Gasteiger partial charge in [-0.2, -0.15) is 0 Å². The summed E-state index contributed by atoms with van der Waals surface area (Å²) in [6.07, 6.45) is 3.56. The summed E-state index contributed by atoms with van der Waals surface area (Å²) >= 11 is 0. The number of aromatic nitrogens is 2. The van der Waals surface area contributed by atoms with Gasteiger partial charge in [0.05, 0.1) is 5.69 Å². The van der Waals surface area contributed by atoms with Crippen LogP contribution in [0, 0.1) is 5.92 Å². The number of hydrogen-bond donors (Lipinski definition) is 2. The van der Waals surface area contributed by atoms with E-state index in [1.807, 2.05) is 4.57 Å². The molecule has 0 unspecified atom stereocenters. The van der Waals surface area contributed by atoms with Crippen molar-refractivity contribution >= 4 is 23.3 Å². The van der Waals surface area contributed by atoms with Gasteiger partial charge in [0, 0.05) is 24.3 Å². The zero-order chi connectivity index (χ0) is 21.0. The van der Waals surface area contributed by atoms with Crippen LogP contribution in [0.3, 0.4) is 0 Å². The normalized spacial score (nSPS) is 13.1. The highest BCUT2D eigenvalue weighted by atomic mass is 16.2. The van der Waals surface area contributed by atoms with E-state index in [0.29, 0.717) is 36.0 Å². The van der Waals surface area contributed by atoms with E-state index in [0.717, 1.165) is 31.4 Å². The van der Waals surface area contributed by atoms with Gasteiger partial charge >= 0.3 is 0 Å². The van der Waals surface area contributed by atoms with Crippen LogP contribution in [-0.4, -0.2) is 33.7 Å². The molecule has 0 spiro atoms. The molecule has 29 heavy (non-hydrogen) atoms. The summed E-state index contributed by atoms with van der Waals surface area (Å²) in [6, 6.07) is 6.72. The number of rotatable bonds is 7. The summed E-state index contributed by atoms with van der Waals surface area (Å²) in [7, 11) is 0. The highest BCUT2D eigenvalue weighted by molar-refractivity contribution is 6.04. The number of nitrogens with one attached hydrogen (secondary N) is 2. The van der Waals surface area contributed by atoms with Gasteiger partial charge in [0.1, 0.15) is 5.69 Å². The summed E-state index contributed by atoms with van der Waals surface area (Å²) in [6.45, 7) is 6.98. The van der Waals surface area contributed by atoms with Crippen molar-refractivity contribution in [3.8, 4) is 0 Å². The Kier molecular flexibility index (Phi) is 6.46. The van der Waals surface area contributed by atoms with Crippen molar-refractivity contribution in [2.75, 3.05) is 11.9 Å². The molecule has 0 saturated carbocycles. The Hall–Kier alpha value is -2.96. The third-order valence-electron chi connectivity index (χ3n) is 5.09. The lowest BCUT2D eigenvalue weighted by Crippen LogP contribution is -2.27. The number of imidazole rings is 1. The van der Waals surface area contributed by atoms with Gasteiger partial charge in [-0.3, -0.25) is 14.4 Å². The number of carbonyl (C=O) groups excluding carboxylic acids is 3. The van der Waals surface area contributed by atoms with Gasteiger partial charge in [-0.15, -0.1) is 0 Å². The van der Waals surface area contributed by atoms with E-state index in [9.17, 15) is 14.4 Å². The van der Waals surface area contributed by atoms with E-state index in [4.69, 9.17) is 0 Å². The topological polar surface area (TPSA) is 93.1 Å². The second-order valence-electron chi connectivity index (χ2n) is 7.87. The highest BCUT2D eigenvalue weighted by Crippen LogP contribution is 2.22. The molecule has 2 aromatic rings. The Bertz CT molecular complexity index is 913. The largest absolute Gasteiger partial charge is 0.351 e. The molecule has 3 rings (SSSR count). The van der Waals surface area contributed by atoms with Crippen molar-refractivity contribution in [1.29, 1.82) is 0 Å². The van der Waals surface area contributed by atoms with Gasteiger partial charge in [0.15, 0.2) is 11.6 Å². The van der Waals surface area contributed by atoms with Crippen LogP contribution < -0.4 is 10.6 Å². The third kappa shape index (κ3) is 4.91. The second kappa shape index (κ2) is 9.03. The van der Waals surface area contributed by atoms with Crippen LogP contribution >= 0.6 is 0 Å². The first kappa shape index (κ1) is 20.8. The maximum absolute atomic E-state index is 12.9. The molecule has 7 heteroatoms. The molecule has 1 aromatic heterocycles. The van der Waals surface area contributed by atoms with E-state index < -0.39 is 0 Å². The molecule has 2 N–H and O–H groups in total. The highest BCUT2D eigenvalue weighted by Gasteiger charge is 2.27. The first-order valence-corrected chi connectivity index (χ1v) is 10.2. The molecule has 7 nitrogen and oxygen atoms in total. The van der Waals surface area contributed by atoms with E-state index in [-0.39, 0.29) is 23.4 Å². The van der Waals surface area contributed by atoms with Crippen molar-refractivity contribution in [1.82, 2.24) is 14.9 Å². The maximum atomic E-state index is 12.9. The number of hydrogen-bond acceptors (Lipinski definition) is 4. The van der Waals surface area contributed by atoms with Crippen molar-refractivity contribution in [3.63, 3.8) is 0 Å². The first-order valence-electron chi connectivity index (χ1n) is 10.2. The molecule has 0 atom stereocenters. The minimum Gasteiger partial charge on any atom is -0.351 e. The molecule has 1 aliphatic rings. The van der Waals surface area contributed by atoms with Crippen LogP contribution in [0.2, 0.25) is 0 Å². The van der Waals surface area contributed by atoms with Gasteiger partial charge in [0.25, 0.3) is 11.8 Å². The summed E-state index contributed by atoms with van der Waals surface area (Å²) in [4.78, 5) is 41.3. The number of ketones is 1. The second-order valence-corrected chi connectivity index (χ2v) is 7.87. The molecule has 0 saturated heterocycles. The lowest BCUT2D eigenvalue weighted by atomic mass is 10.1. The summed E-state index contributed by atoms with van der Waals surface area (Å²) in [5.74, 6) is 0.149. The molecule has 1 aliphatic heterocycles. The van der Waals surface area contributed by atoms with E-state index in [2.05, 4.69) is 29.5 Å². The molecular formula is C22H28N4O3. The molecule has 0 fully saturated rings. The number of fused-ring (bicyclic) bond motifs is 1. The average Bonchev–Trinajstić information content (AvgIpc) is 3.08. The molecule has 154 valence electrons. The van der Waals surface area contributed by atoms with Crippen LogP contribution in [-0.2, 0) is 13.0 Å². The van der Waals surface area contributed by atoms with Crippen molar-refractivity contribution in [2.45, 2.75) is 53.0 Å². The zero-order valence-corrected chi connectivity index (χ0v) is 17.2. The van der Waals surface area contributed by atoms with Crippen molar-refractivity contribution < 1.29 is 14.4 Å². The fraction of sp³-hybridized carbons (Fsp3) is 0.455. The van der Waals surface area contributed by atoms with Crippen LogP contribution in [0.1, 0.15) is 77.2 Å². The smallest absolute Gasteiger partial charge is 0.291 e. The Morgan fingerprint density at radius 1 is 1.10 bits per heavy atom. The number of amides is 2. The fourth-order valence-corrected chi connectivity index (χ4v) is 3.43. The number of benzene rings is 1. The monoisotopic (exact) mass is 396 g/mol. The molecule has 0 bridgehead atoms. The number of anilines is 1. The fourth-order valence-electron chi connectivity index (χ4n) is 3.43. The Balaban J connectivity index is 1.79. The van der Waals surface area contributed by atoms with Gasteiger partial charge in [-0.1, -0.05) is 13.8 Å². The van der Waals surface area contributed by atoms with Crippen molar-refractivity contribution in [3.05, 3.63) is 47.0 Å². The lowest BCUT2D eigenvalue weighted by molar-refractivity contribution is 0.0945. The summed E-state index contributed by atoms with van der Waals surface area (Å²) < 4.78 is 1.86. The molecule has 1 aromatic carbocycles. The van der Waals surface area contributed by atoms with Crippen LogP contribution in [0.15, 0.2) is 24.3 Å². The van der Waals surface area contributed by atoms with Gasteiger partial charge in [0.2, 0.25) is 0 Å². The quantitative estimate of drug-likeness (QED) is 0.701. The molecule has 2 heterocycles. The standard InChI is InChI=1S/C22H28N4O3/c1-14(2)11-12-23-21(28)19-18-6-4-5-13-26(18)20(25-19)22(29)24-17-9-7-16(8-10-17)15(3)27/h7-10,14H,4-6,11-13H2,1-3H3,(H,23,28)(H,24,29). The molecule has 0 radical (unpaired) electrons. The van der Waals surface area contributed by atoms with Gasteiger partial charge in [-0.25, -0.2) is 4.98 Å². The van der Waals surface area contributed by atoms with Gasteiger partial charge < -0.3 is 15.2 Å². The minimum atomic E-state index is -0.357. The SMILES string of the molecule is CC(=O)c1ccc(NC(=O)c2nc(C(=O)NCCC(C)C)c3n2CCCC3)cc1. The predicted octanol–water partition coefficient (Wildman–Crippen LogP) is 3.45. The summed E-state index contributed by atoms with van der Waals surface area (Å²) in [5, 5.41) is 5.74. The van der Waals surface area contributed by atoms with Crippen LogP contribution in [0.25, 0.3) is 0 Å². The maximum Gasteiger partial charge on any atom is 0.291 e. The summed E-state index contributed by atoms with van der Waals surface area (Å²) in [5.41, 5.74) is 2.35. The van der Waals surface area contributed by atoms with Gasteiger partial charge in [-0.05, 0) is 62.8 Å². The zero-order valence-electron chi connectivity index (χ0n) is 17.2. The Morgan fingerprint density at radius 2 is 1.83 bits per heavy atom. The molecular weight excluding hydrogens is 368 g/mol. The van der Waals surface area contributed by atoms with Crippen LogP contribution in [0.4, 0.5) is 5.69 Å². The van der Waals surface area contributed by atoms with E-state index >= 15 is 0 Å². The van der Waals surface area contributed by atoms with Crippen LogP contribution in [0.5, 0.6) is 0 Å². The van der Waals surface area contributed by atoms with Crippen molar-refractivity contribution in [2.24, 2.45) is 5.92 Å². The molecule has 2 amide bonds. The minimum absolute atomic E-state index is 0.0293. The van der Waals surface area contributed by atoms with E-state index in [1.165, 1.54) is 6.92 Å².